The summed E-state index contributed by atoms with van der Waals surface area (Å²) < 4.78 is 4.53. The van der Waals surface area contributed by atoms with Crippen LogP contribution in [0.1, 0.15) is 0 Å². The lowest BCUT2D eigenvalue weighted by molar-refractivity contribution is 0.225. The second-order valence-corrected chi connectivity index (χ2v) is 2.28. The Morgan fingerprint density at radius 3 is 2.42 bits per heavy atom. The van der Waals surface area contributed by atoms with Crippen molar-refractivity contribution >= 4 is 22.7 Å². The van der Waals surface area contributed by atoms with Crippen LogP contribution in [0, 0.1) is 0 Å². The Morgan fingerprint density at radius 1 is 1.42 bits per heavy atom. The lowest BCUT2D eigenvalue weighted by Crippen LogP contribution is -1.96. The van der Waals surface area contributed by atoms with Gasteiger partial charge in [-0.1, -0.05) is 0 Å². The van der Waals surface area contributed by atoms with E-state index in [-0.39, 0.29) is 0 Å². The number of halogens is 1. The van der Waals surface area contributed by atoms with Gasteiger partial charge in [0.1, 0.15) is 5.75 Å². The van der Waals surface area contributed by atoms with Gasteiger partial charge in [0.05, 0.1) is 5.69 Å². The van der Waals surface area contributed by atoms with Crippen molar-refractivity contribution in [2.75, 3.05) is 5.48 Å². The highest BCUT2D eigenvalue weighted by Gasteiger charge is 1.98. The number of hydrogen-bond acceptors (Lipinski definition) is 4. The molecular weight excluding hydrogens is 182 g/mol. The van der Waals surface area contributed by atoms with Gasteiger partial charge in [-0.15, -0.1) is 0 Å². The molecule has 5 heteroatoms. The van der Waals surface area contributed by atoms with Crippen molar-refractivity contribution in [1.29, 1.82) is 0 Å². The van der Waals surface area contributed by atoms with Crippen LogP contribution in [0.25, 0.3) is 0 Å². The molecule has 0 aromatic heterocycles. The number of anilines is 1. The van der Waals surface area contributed by atoms with Gasteiger partial charge >= 0.3 is 5.43 Å². The molecule has 0 amide bonds. The molecule has 12 heavy (non-hydrogen) atoms. The van der Waals surface area contributed by atoms with E-state index in [1.165, 1.54) is 24.3 Å². The number of carbonyl (C=O) groups is 1. The lowest BCUT2D eigenvalue weighted by Gasteiger charge is -2.00. The zero-order valence-electron chi connectivity index (χ0n) is 5.95. The third-order valence-electron chi connectivity index (χ3n) is 1.18. The molecule has 0 radical (unpaired) electrons. The van der Waals surface area contributed by atoms with Gasteiger partial charge in [0.2, 0.25) is 0 Å². The number of benzene rings is 1. The molecule has 1 rings (SSSR count). The maximum absolute atomic E-state index is 10.2. The third kappa shape index (κ3) is 2.41. The fourth-order valence-corrected chi connectivity index (χ4v) is 0.779. The number of hydrogen-bond donors (Lipinski definition) is 2. The highest BCUT2D eigenvalue weighted by atomic mass is 35.5. The van der Waals surface area contributed by atoms with Crippen LogP contribution in [-0.2, 0) is 0 Å². The van der Waals surface area contributed by atoms with E-state index in [0.29, 0.717) is 11.4 Å². The monoisotopic (exact) mass is 187 g/mol. The van der Waals surface area contributed by atoms with E-state index in [4.69, 9.17) is 16.8 Å². The normalized spacial score (nSPS) is 9.17. The lowest BCUT2D eigenvalue weighted by atomic mass is 10.3. The summed E-state index contributed by atoms with van der Waals surface area (Å²) in [4.78, 5) is 10.2. The van der Waals surface area contributed by atoms with Crippen molar-refractivity contribution in [3.8, 4) is 5.75 Å². The second-order valence-electron chi connectivity index (χ2n) is 1.98. The van der Waals surface area contributed by atoms with E-state index in [2.05, 4.69) is 4.74 Å². The average Bonchev–Trinajstić information content (AvgIpc) is 2.05. The summed E-state index contributed by atoms with van der Waals surface area (Å²) in [5, 5.41) is 8.43. The van der Waals surface area contributed by atoms with Crippen LogP contribution in [-0.4, -0.2) is 10.6 Å². The fraction of sp³-hybridized carbons (Fsp3) is 0. The first-order valence-electron chi connectivity index (χ1n) is 3.10. The Hall–Kier alpha value is -1.26. The Morgan fingerprint density at radius 2 is 2.00 bits per heavy atom. The summed E-state index contributed by atoms with van der Waals surface area (Å²) in [6, 6.07) is 6.07. The molecule has 4 nitrogen and oxygen atoms in total. The molecule has 0 heterocycles. The van der Waals surface area contributed by atoms with Crippen LogP contribution in [0.5, 0.6) is 5.75 Å². The quantitative estimate of drug-likeness (QED) is 0.551. The first-order chi connectivity index (χ1) is 5.72. The van der Waals surface area contributed by atoms with Gasteiger partial charge < -0.3 is 4.74 Å². The molecule has 0 fully saturated rings. The molecule has 0 aliphatic rings. The van der Waals surface area contributed by atoms with Gasteiger partial charge in [-0.3, -0.25) is 10.7 Å². The standard InChI is InChI=1S/C7H6ClNO3/c8-7(10)12-6-3-1-5(9-11)2-4-6/h1-4,9,11H. The molecule has 0 spiro atoms. The van der Waals surface area contributed by atoms with Crippen LogP contribution in [0.15, 0.2) is 24.3 Å². The number of ether oxygens (including phenoxy) is 1. The summed E-state index contributed by atoms with van der Waals surface area (Å²) >= 11 is 4.96. The van der Waals surface area contributed by atoms with E-state index < -0.39 is 5.43 Å². The molecule has 1 aromatic carbocycles. The van der Waals surface area contributed by atoms with Crippen molar-refractivity contribution in [2.24, 2.45) is 0 Å². The van der Waals surface area contributed by atoms with Crippen molar-refractivity contribution in [1.82, 2.24) is 0 Å². The van der Waals surface area contributed by atoms with Gasteiger partial charge in [-0.25, -0.2) is 4.79 Å². The second kappa shape index (κ2) is 3.94. The molecule has 2 N–H and O–H groups in total. The van der Waals surface area contributed by atoms with E-state index >= 15 is 0 Å². The molecular formula is C7H6ClNO3. The molecule has 1 aromatic rings. The van der Waals surface area contributed by atoms with Crippen LogP contribution < -0.4 is 10.2 Å². The Bertz CT molecular complexity index is 272. The SMILES string of the molecule is O=C(Cl)Oc1ccc(NO)cc1. The van der Waals surface area contributed by atoms with Crippen LogP contribution >= 0.6 is 11.6 Å². The molecule has 0 aliphatic carbocycles. The minimum absolute atomic E-state index is 0.328. The Labute approximate surface area is 73.7 Å². The van der Waals surface area contributed by atoms with Crippen molar-refractivity contribution in [3.63, 3.8) is 0 Å². The van der Waals surface area contributed by atoms with E-state index in [1.54, 1.807) is 0 Å². The highest BCUT2D eigenvalue weighted by molar-refractivity contribution is 6.61. The van der Waals surface area contributed by atoms with Gasteiger partial charge in [0.15, 0.2) is 0 Å². The minimum Gasteiger partial charge on any atom is -0.415 e. The van der Waals surface area contributed by atoms with Gasteiger partial charge in [0, 0.05) is 11.6 Å². The molecule has 0 saturated carbocycles. The van der Waals surface area contributed by atoms with Gasteiger partial charge in [-0.2, -0.15) is 0 Å². The number of rotatable bonds is 2. The topological polar surface area (TPSA) is 58.6 Å². The zero-order chi connectivity index (χ0) is 8.97. The predicted octanol–water partition coefficient (Wildman–Crippen LogP) is 2.23. The molecule has 0 unspecified atom stereocenters. The maximum Gasteiger partial charge on any atom is 0.409 e. The van der Waals surface area contributed by atoms with Gasteiger partial charge in [0.25, 0.3) is 0 Å². The predicted molar refractivity (Wildman–Crippen MR) is 43.7 cm³/mol. The first-order valence-corrected chi connectivity index (χ1v) is 3.47. The van der Waals surface area contributed by atoms with Crippen molar-refractivity contribution < 1.29 is 14.7 Å². The van der Waals surface area contributed by atoms with Gasteiger partial charge in [-0.05, 0) is 24.3 Å². The Kier molecular flexibility index (Phi) is 2.90. The highest BCUT2D eigenvalue weighted by Crippen LogP contribution is 2.15. The summed E-state index contributed by atoms with van der Waals surface area (Å²) in [5.41, 5.74) is 1.55. The minimum atomic E-state index is -0.889. The Balaban J connectivity index is 2.71. The smallest absolute Gasteiger partial charge is 0.409 e. The fourth-order valence-electron chi connectivity index (χ4n) is 0.690. The summed E-state index contributed by atoms with van der Waals surface area (Å²) in [5.74, 6) is 0.328. The van der Waals surface area contributed by atoms with Crippen molar-refractivity contribution in [3.05, 3.63) is 24.3 Å². The zero-order valence-corrected chi connectivity index (χ0v) is 6.71. The molecule has 0 saturated heterocycles. The molecule has 0 bridgehead atoms. The van der Waals surface area contributed by atoms with E-state index in [9.17, 15) is 4.79 Å². The summed E-state index contributed by atoms with van der Waals surface area (Å²) in [7, 11) is 0. The summed E-state index contributed by atoms with van der Waals surface area (Å²) in [6.07, 6.45) is 0. The third-order valence-corrected chi connectivity index (χ3v) is 1.26. The van der Waals surface area contributed by atoms with E-state index in [1.807, 2.05) is 5.48 Å². The first kappa shape index (κ1) is 8.83. The van der Waals surface area contributed by atoms with Crippen LogP contribution in [0.3, 0.4) is 0 Å². The largest absolute Gasteiger partial charge is 0.415 e. The molecule has 64 valence electrons. The van der Waals surface area contributed by atoms with E-state index in [0.717, 1.165) is 0 Å². The number of carbonyl (C=O) groups excluding carboxylic acids is 1. The average molecular weight is 188 g/mol. The summed E-state index contributed by atoms with van der Waals surface area (Å²) in [6.45, 7) is 0. The maximum atomic E-state index is 10.2. The van der Waals surface area contributed by atoms with Crippen LogP contribution in [0.2, 0.25) is 0 Å². The van der Waals surface area contributed by atoms with Crippen molar-refractivity contribution in [2.45, 2.75) is 0 Å². The molecule has 0 aliphatic heterocycles. The number of nitrogens with one attached hydrogen (secondary N) is 1. The molecule has 0 atom stereocenters. The van der Waals surface area contributed by atoms with Crippen LogP contribution in [0.4, 0.5) is 10.5 Å².